The first kappa shape index (κ1) is 17.6. The molecule has 2 aromatic carbocycles. The molecule has 0 unspecified atom stereocenters. The van der Waals surface area contributed by atoms with E-state index in [-0.39, 0.29) is 5.90 Å². The number of benzene rings is 2. The molecule has 1 saturated heterocycles. The summed E-state index contributed by atoms with van der Waals surface area (Å²) in [4.78, 5) is 8.88. The number of nitrogens with zero attached hydrogens (tertiary/aromatic N) is 1. The molecule has 0 atom stereocenters. The summed E-state index contributed by atoms with van der Waals surface area (Å²) in [5.41, 5.74) is 5.63. The van der Waals surface area contributed by atoms with Gasteiger partial charge in [-0.3, -0.25) is 0 Å². The maximum Gasteiger partial charge on any atom is 0.365 e. The van der Waals surface area contributed by atoms with Crippen molar-refractivity contribution in [2.75, 3.05) is 37.7 Å². The quantitative estimate of drug-likeness (QED) is 0.479. The van der Waals surface area contributed by atoms with Crippen LogP contribution in [0.25, 0.3) is 10.9 Å². The highest BCUT2D eigenvalue weighted by atomic mass is 16.5. The van der Waals surface area contributed by atoms with Gasteiger partial charge in [0.2, 0.25) is 0 Å². The van der Waals surface area contributed by atoms with Crippen molar-refractivity contribution in [3.8, 4) is 0 Å². The minimum Gasteiger partial charge on any atom is -0.460 e. The first-order valence-corrected chi connectivity index (χ1v) is 9.51. The number of fused-ring (bicyclic) bond motifs is 1. The predicted molar refractivity (Wildman–Crippen MR) is 109 cm³/mol. The Hall–Kier alpha value is -2.79. The summed E-state index contributed by atoms with van der Waals surface area (Å²) in [6, 6.07) is 16.4. The van der Waals surface area contributed by atoms with E-state index in [1.807, 2.05) is 18.2 Å². The lowest BCUT2D eigenvalue weighted by atomic mass is 10.1. The minimum atomic E-state index is 0.223. The zero-order valence-electron chi connectivity index (χ0n) is 15.7. The van der Waals surface area contributed by atoms with Gasteiger partial charge in [-0.2, -0.15) is 0 Å². The van der Waals surface area contributed by atoms with E-state index in [2.05, 4.69) is 52.1 Å². The smallest absolute Gasteiger partial charge is 0.365 e. The van der Waals surface area contributed by atoms with Crippen LogP contribution < -0.4 is 9.89 Å². The molecule has 0 bridgehead atoms. The molecule has 3 aromatic rings. The van der Waals surface area contributed by atoms with E-state index in [0.717, 1.165) is 43.8 Å². The van der Waals surface area contributed by atoms with Gasteiger partial charge < -0.3 is 19.7 Å². The molecule has 0 saturated carbocycles. The summed E-state index contributed by atoms with van der Waals surface area (Å²) in [5, 5.41) is 11.7. The first-order valence-electron chi connectivity index (χ1n) is 9.51. The molecule has 3 N–H and O–H groups in total. The SMILES string of the molecule is Cc1[nH]c2ccccc2c1CC[NH+]=C(O)c1ccc(N2CCOCC2)cc1. The van der Waals surface area contributed by atoms with Gasteiger partial charge in [-0.25, -0.2) is 4.99 Å². The zero-order valence-corrected chi connectivity index (χ0v) is 15.7. The van der Waals surface area contributed by atoms with Crippen molar-refractivity contribution < 1.29 is 14.8 Å². The van der Waals surface area contributed by atoms with Crippen LogP contribution in [-0.4, -0.2) is 48.8 Å². The number of nitrogens with one attached hydrogen (secondary N) is 2. The maximum absolute atomic E-state index is 10.4. The Morgan fingerprint density at radius 3 is 2.63 bits per heavy atom. The third-order valence-corrected chi connectivity index (χ3v) is 5.21. The third-order valence-electron chi connectivity index (χ3n) is 5.21. The molecule has 1 aromatic heterocycles. The van der Waals surface area contributed by atoms with Gasteiger partial charge in [-0.15, -0.1) is 0 Å². The Bertz CT molecular complexity index is 938. The van der Waals surface area contributed by atoms with Crippen LogP contribution in [0.3, 0.4) is 0 Å². The highest BCUT2D eigenvalue weighted by Crippen LogP contribution is 2.21. The normalized spacial score (nSPS) is 15.4. The third kappa shape index (κ3) is 3.83. The van der Waals surface area contributed by atoms with Crippen LogP contribution >= 0.6 is 0 Å². The monoisotopic (exact) mass is 364 g/mol. The molecule has 4 rings (SSSR count). The van der Waals surface area contributed by atoms with Crippen LogP contribution in [0, 0.1) is 6.92 Å². The number of aryl methyl sites for hydroxylation is 1. The number of aromatic nitrogens is 1. The van der Waals surface area contributed by atoms with E-state index in [1.165, 1.54) is 22.3 Å². The number of morpholine rings is 1. The molecular weight excluding hydrogens is 338 g/mol. The second kappa shape index (κ2) is 7.84. The van der Waals surface area contributed by atoms with Crippen LogP contribution in [0.15, 0.2) is 48.5 Å². The largest absolute Gasteiger partial charge is 0.460 e. The topological polar surface area (TPSA) is 62.5 Å². The van der Waals surface area contributed by atoms with Gasteiger partial charge in [-0.05, 0) is 42.8 Å². The number of anilines is 1. The van der Waals surface area contributed by atoms with Crippen LogP contribution in [0.5, 0.6) is 0 Å². The van der Waals surface area contributed by atoms with E-state index >= 15 is 0 Å². The lowest BCUT2D eigenvalue weighted by Gasteiger charge is -2.28. The Balaban J connectivity index is 1.42. The summed E-state index contributed by atoms with van der Waals surface area (Å²) in [7, 11) is 0. The average Bonchev–Trinajstić information content (AvgIpc) is 3.04. The summed E-state index contributed by atoms with van der Waals surface area (Å²) in [6.07, 6.45) is 0.853. The van der Waals surface area contributed by atoms with Crippen LogP contribution in [0.2, 0.25) is 0 Å². The van der Waals surface area contributed by atoms with Crippen LogP contribution in [0.1, 0.15) is 16.8 Å². The number of hydrogen-bond donors (Lipinski definition) is 3. The fourth-order valence-electron chi connectivity index (χ4n) is 3.72. The fourth-order valence-corrected chi connectivity index (χ4v) is 3.72. The molecule has 1 aliphatic heterocycles. The van der Waals surface area contributed by atoms with Gasteiger partial charge in [0.05, 0.1) is 18.8 Å². The second-order valence-corrected chi connectivity index (χ2v) is 6.95. The van der Waals surface area contributed by atoms with Crippen molar-refractivity contribution in [2.24, 2.45) is 0 Å². The molecular formula is C22H26N3O2+. The van der Waals surface area contributed by atoms with Crippen molar-refractivity contribution in [1.82, 2.24) is 4.98 Å². The summed E-state index contributed by atoms with van der Waals surface area (Å²) >= 11 is 0. The molecule has 5 nitrogen and oxygen atoms in total. The van der Waals surface area contributed by atoms with Crippen molar-refractivity contribution in [3.05, 3.63) is 65.4 Å². The fraction of sp³-hybridized carbons (Fsp3) is 0.318. The Morgan fingerprint density at radius 2 is 1.85 bits per heavy atom. The number of H-pyrrole nitrogens is 1. The molecule has 1 aliphatic rings. The Morgan fingerprint density at radius 1 is 1.11 bits per heavy atom. The molecule has 0 spiro atoms. The summed E-state index contributed by atoms with van der Waals surface area (Å²) in [6.45, 7) is 6.15. The Kier molecular flexibility index (Phi) is 5.12. The maximum atomic E-state index is 10.4. The molecule has 5 heteroatoms. The minimum absolute atomic E-state index is 0.223. The van der Waals surface area contributed by atoms with Gasteiger partial charge >= 0.3 is 5.90 Å². The molecule has 2 heterocycles. The molecule has 0 aliphatic carbocycles. The number of rotatable bonds is 5. The standard InChI is InChI=1S/C22H25N3O2/c1-16-19(20-4-2-3-5-21(20)24-16)10-11-23-22(26)17-6-8-18(9-7-17)25-12-14-27-15-13-25/h2-9,24H,10-15H2,1H3,(H,23,26)/p+1. The van der Waals surface area contributed by atoms with E-state index in [4.69, 9.17) is 4.74 Å². The lowest BCUT2D eigenvalue weighted by molar-refractivity contribution is -0.464. The van der Waals surface area contributed by atoms with Gasteiger partial charge in [0.1, 0.15) is 6.54 Å². The molecule has 0 amide bonds. The highest BCUT2D eigenvalue weighted by Gasteiger charge is 2.13. The summed E-state index contributed by atoms with van der Waals surface area (Å²) in [5.74, 6) is 0.223. The number of para-hydroxylation sites is 1. The molecule has 0 radical (unpaired) electrons. The predicted octanol–water partition coefficient (Wildman–Crippen LogP) is 1.94. The van der Waals surface area contributed by atoms with Crippen molar-refractivity contribution in [3.63, 3.8) is 0 Å². The molecule has 1 fully saturated rings. The van der Waals surface area contributed by atoms with Crippen LogP contribution in [-0.2, 0) is 11.2 Å². The lowest BCUT2D eigenvalue weighted by Crippen LogP contribution is -2.74. The summed E-state index contributed by atoms with van der Waals surface area (Å²) < 4.78 is 5.40. The van der Waals surface area contributed by atoms with Crippen molar-refractivity contribution in [1.29, 1.82) is 0 Å². The van der Waals surface area contributed by atoms with Gasteiger partial charge in [0.25, 0.3) is 0 Å². The molecule has 140 valence electrons. The van der Waals surface area contributed by atoms with E-state index in [9.17, 15) is 5.11 Å². The number of aromatic amines is 1. The van der Waals surface area contributed by atoms with E-state index < -0.39 is 0 Å². The van der Waals surface area contributed by atoms with Crippen LogP contribution in [0.4, 0.5) is 5.69 Å². The molecule has 27 heavy (non-hydrogen) atoms. The zero-order chi connectivity index (χ0) is 18.6. The highest BCUT2D eigenvalue weighted by molar-refractivity contribution is 5.88. The Labute approximate surface area is 159 Å². The first-order chi connectivity index (χ1) is 13.2. The van der Waals surface area contributed by atoms with E-state index in [1.54, 1.807) is 0 Å². The number of ether oxygens (including phenoxy) is 1. The average molecular weight is 364 g/mol. The van der Waals surface area contributed by atoms with Gasteiger partial charge in [-0.1, -0.05) is 18.2 Å². The second-order valence-electron chi connectivity index (χ2n) is 6.95. The number of aliphatic hydroxyl groups excluding tert-OH is 1. The number of aliphatic hydroxyl groups is 1. The number of hydrogen-bond acceptors (Lipinski definition) is 2. The van der Waals surface area contributed by atoms with Gasteiger partial charge in [0, 0.05) is 41.8 Å². The van der Waals surface area contributed by atoms with Crippen molar-refractivity contribution >= 4 is 22.5 Å². The van der Waals surface area contributed by atoms with Crippen molar-refractivity contribution in [2.45, 2.75) is 13.3 Å². The van der Waals surface area contributed by atoms with Gasteiger partial charge in [0.15, 0.2) is 0 Å². The van der Waals surface area contributed by atoms with E-state index in [0.29, 0.717) is 6.54 Å².